The first kappa shape index (κ1) is 23.8. The van der Waals surface area contributed by atoms with Crippen LogP contribution in [0.1, 0.15) is 36.5 Å². The molecule has 1 saturated heterocycles. The zero-order chi connectivity index (χ0) is 22.8. The second-order valence-corrected chi connectivity index (χ2v) is 10.8. The average molecular weight is 509 g/mol. The van der Waals surface area contributed by atoms with E-state index in [9.17, 15) is 13.2 Å². The Bertz CT molecular complexity index is 1090. The molecule has 0 bridgehead atoms. The minimum atomic E-state index is -3.68. The Hall–Kier alpha value is -1.90. The maximum atomic E-state index is 13.2. The van der Waals surface area contributed by atoms with Gasteiger partial charge in [0.25, 0.3) is 0 Å². The fourth-order valence-electron chi connectivity index (χ4n) is 4.03. The topological polar surface area (TPSA) is 75.7 Å². The minimum Gasteiger partial charge on any atom is -0.496 e. The number of nitrogens with zero attached hydrogens (tertiary/aromatic N) is 1. The van der Waals surface area contributed by atoms with E-state index in [1.54, 1.807) is 25.3 Å². The fourth-order valence-corrected chi connectivity index (χ4v) is 6.26. The summed E-state index contributed by atoms with van der Waals surface area (Å²) < 4.78 is 34.1. The highest BCUT2D eigenvalue weighted by Gasteiger charge is 2.34. The zero-order valence-electron chi connectivity index (χ0n) is 18.4. The summed E-state index contributed by atoms with van der Waals surface area (Å²) in [6.07, 6.45) is 2.10. The summed E-state index contributed by atoms with van der Waals surface area (Å²) in [5.74, 6) is 0.119. The number of aryl methyl sites for hydroxylation is 3. The van der Waals surface area contributed by atoms with Crippen LogP contribution in [0.2, 0.25) is 0 Å². The number of methoxy groups -OCH3 is 1. The number of hydrogen-bond acceptors (Lipinski definition) is 4. The molecule has 0 spiro atoms. The van der Waals surface area contributed by atoms with Crippen LogP contribution in [-0.2, 0) is 21.2 Å². The molecular weight excluding hydrogens is 480 g/mol. The van der Waals surface area contributed by atoms with Crippen LogP contribution >= 0.6 is 15.9 Å². The Kier molecular flexibility index (Phi) is 7.44. The van der Waals surface area contributed by atoms with E-state index in [1.165, 1.54) is 4.31 Å². The quantitative estimate of drug-likeness (QED) is 0.614. The summed E-state index contributed by atoms with van der Waals surface area (Å²) in [4.78, 5) is 13.3. The molecule has 3 rings (SSSR count). The molecule has 0 aliphatic carbocycles. The number of benzene rings is 2. The molecule has 0 radical (unpaired) electrons. The van der Waals surface area contributed by atoms with E-state index >= 15 is 0 Å². The van der Waals surface area contributed by atoms with Gasteiger partial charge in [0.1, 0.15) is 5.75 Å². The zero-order valence-corrected chi connectivity index (χ0v) is 20.8. The van der Waals surface area contributed by atoms with E-state index in [0.717, 1.165) is 33.3 Å². The number of nitrogens with one attached hydrogen (secondary N) is 1. The van der Waals surface area contributed by atoms with Crippen LogP contribution in [0.5, 0.6) is 5.75 Å². The van der Waals surface area contributed by atoms with Gasteiger partial charge in [-0.15, -0.1) is 0 Å². The van der Waals surface area contributed by atoms with Crippen LogP contribution in [0.4, 0.5) is 5.69 Å². The number of hydrogen-bond donors (Lipinski definition) is 1. The molecule has 1 aliphatic heterocycles. The molecule has 6 nitrogen and oxygen atoms in total. The van der Waals surface area contributed by atoms with Crippen LogP contribution < -0.4 is 10.1 Å². The number of rotatable bonds is 6. The number of ether oxygens (including phenoxy) is 1. The number of carbonyl (C=O) groups excluding carboxylic acids is 1. The predicted molar refractivity (Wildman–Crippen MR) is 126 cm³/mol. The fraction of sp³-hybridized carbons (Fsp3) is 0.435. The van der Waals surface area contributed by atoms with Crippen molar-refractivity contribution < 1.29 is 17.9 Å². The third kappa shape index (κ3) is 5.13. The molecule has 1 N–H and O–H groups in total. The first-order valence-electron chi connectivity index (χ1n) is 10.4. The average Bonchev–Trinajstić information content (AvgIpc) is 2.75. The standard InChI is InChI=1S/C23H29BrN2O4S/c1-5-17-13-19(24)11-16(3)22(17)25-23(27)18-7-6-10-26(14-18)31(28,29)20-8-9-21(30-4)15(2)12-20/h8-9,11-13,18H,5-7,10,14H2,1-4H3,(H,25,27)/t18-/m0/s1. The summed E-state index contributed by atoms with van der Waals surface area (Å²) in [6, 6.07) is 8.82. The predicted octanol–water partition coefficient (Wildman–Crippen LogP) is 4.68. The second-order valence-electron chi connectivity index (χ2n) is 7.93. The van der Waals surface area contributed by atoms with E-state index in [2.05, 4.69) is 21.2 Å². The first-order chi connectivity index (χ1) is 14.7. The smallest absolute Gasteiger partial charge is 0.243 e. The largest absolute Gasteiger partial charge is 0.496 e. The highest BCUT2D eigenvalue weighted by atomic mass is 79.9. The molecule has 31 heavy (non-hydrogen) atoms. The van der Waals surface area contributed by atoms with Gasteiger partial charge in [0, 0.05) is 23.2 Å². The summed E-state index contributed by atoms with van der Waals surface area (Å²) in [5, 5.41) is 3.06. The van der Waals surface area contributed by atoms with Crippen LogP contribution in [0.3, 0.4) is 0 Å². The summed E-state index contributed by atoms with van der Waals surface area (Å²) in [7, 11) is -2.13. The number of anilines is 1. The normalized spacial score (nSPS) is 17.4. The van der Waals surface area contributed by atoms with Crippen molar-refractivity contribution in [2.75, 3.05) is 25.5 Å². The van der Waals surface area contributed by atoms with Gasteiger partial charge in [-0.1, -0.05) is 22.9 Å². The molecule has 0 aromatic heterocycles. The molecule has 1 atom stereocenters. The summed E-state index contributed by atoms with van der Waals surface area (Å²) in [5.41, 5.74) is 3.61. The maximum absolute atomic E-state index is 13.2. The van der Waals surface area contributed by atoms with Crippen molar-refractivity contribution in [3.63, 3.8) is 0 Å². The molecule has 1 heterocycles. The lowest BCUT2D eigenvalue weighted by molar-refractivity contribution is -0.120. The van der Waals surface area contributed by atoms with E-state index in [-0.39, 0.29) is 17.3 Å². The van der Waals surface area contributed by atoms with Crippen LogP contribution in [-0.4, -0.2) is 38.8 Å². The van der Waals surface area contributed by atoms with E-state index in [4.69, 9.17) is 4.74 Å². The molecule has 2 aromatic rings. The van der Waals surface area contributed by atoms with Gasteiger partial charge in [0.05, 0.1) is 17.9 Å². The SMILES string of the molecule is CCc1cc(Br)cc(C)c1NC(=O)[C@H]1CCCN(S(=O)(=O)c2ccc(OC)c(C)c2)C1. The van der Waals surface area contributed by atoms with Crippen molar-refractivity contribution in [1.82, 2.24) is 4.31 Å². The van der Waals surface area contributed by atoms with E-state index in [0.29, 0.717) is 25.1 Å². The number of piperidine rings is 1. The molecule has 8 heteroatoms. The number of sulfonamides is 1. The van der Waals surface area contributed by atoms with Crippen LogP contribution in [0.25, 0.3) is 0 Å². The van der Waals surface area contributed by atoms with Crippen molar-refractivity contribution in [3.05, 3.63) is 51.5 Å². The highest BCUT2D eigenvalue weighted by Crippen LogP contribution is 2.30. The Morgan fingerprint density at radius 2 is 1.97 bits per heavy atom. The second kappa shape index (κ2) is 9.71. The Morgan fingerprint density at radius 3 is 2.61 bits per heavy atom. The number of amides is 1. The number of halogens is 1. The summed E-state index contributed by atoms with van der Waals surface area (Å²) >= 11 is 3.50. The van der Waals surface area contributed by atoms with Gasteiger partial charge in [0.2, 0.25) is 15.9 Å². The Labute approximate surface area is 193 Å². The van der Waals surface area contributed by atoms with Crippen molar-refractivity contribution in [2.45, 2.75) is 44.9 Å². The van der Waals surface area contributed by atoms with Crippen molar-refractivity contribution in [1.29, 1.82) is 0 Å². The number of carbonyl (C=O) groups is 1. The molecule has 1 fully saturated rings. The van der Waals surface area contributed by atoms with Gasteiger partial charge in [0.15, 0.2) is 0 Å². The van der Waals surface area contributed by atoms with Gasteiger partial charge in [-0.05, 0) is 80.1 Å². The van der Waals surface area contributed by atoms with Crippen molar-refractivity contribution >= 4 is 37.5 Å². The van der Waals surface area contributed by atoms with Gasteiger partial charge < -0.3 is 10.1 Å². The van der Waals surface area contributed by atoms with E-state index < -0.39 is 15.9 Å². The Morgan fingerprint density at radius 1 is 1.23 bits per heavy atom. The summed E-state index contributed by atoms with van der Waals surface area (Å²) in [6.45, 7) is 6.41. The molecule has 1 aliphatic rings. The molecule has 2 aromatic carbocycles. The highest BCUT2D eigenvalue weighted by molar-refractivity contribution is 9.10. The lowest BCUT2D eigenvalue weighted by Gasteiger charge is -2.31. The monoisotopic (exact) mass is 508 g/mol. The van der Waals surface area contributed by atoms with Crippen LogP contribution in [0.15, 0.2) is 39.7 Å². The van der Waals surface area contributed by atoms with Crippen molar-refractivity contribution in [2.24, 2.45) is 5.92 Å². The third-order valence-electron chi connectivity index (χ3n) is 5.77. The lowest BCUT2D eigenvalue weighted by atomic mass is 9.98. The molecule has 0 unspecified atom stereocenters. The maximum Gasteiger partial charge on any atom is 0.243 e. The third-order valence-corrected chi connectivity index (χ3v) is 8.09. The first-order valence-corrected chi connectivity index (χ1v) is 12.6. The van der Waals surface area contributed by atoms with Crippen molar-refractivity contribution in [3.8, 4) is 5.75 Å². The minimum absolute atomic E-state index is 0.133. The Balaban J connectivity index is 1.79. The molecule has 0 saturated carbocycles. The lowest BCUT2D eigenvalue weighted by Crippen LogP contribution is -2.43. The van der Waals surface area contributed by atoms with Crippen LogP contribution in [0, 0.1) is 19.8 Å². The van der Waals surface area contributed by atoms with E-state index in [1.807, 2.05) is 32.9 Å². The van der Waals surface area contributed by atoms with Gasteiger partial charge in [-0.2, -0.15) is 4.31 Å². The molecular formula is C23H29BrN2O4S. The van der Waals surface area contributed by atoms with Gasteiger partial charge in [-0.3, -0.25) is 4.79 Å². The molecule has 1 amide bonds. The van der Waals surface area contributed by atoms with Gasteiger partial charge >= 0.3 is 0 Å². The van der Waals surface area contributed by atoms with Gasteiger partial charge in [-0.25, -0.2) is 8.42 Å². The molecule has 168 valence electrons.